The topological polar surface area (TPSA) is 74.6 Å². The average Bonchev–Trinajstić information content (AvgIpc) is 2.69. The summed E-state index contributed by atoms with van der Waals surface area (Å²) in [5.74, 6) is 1.99. The number of hydrogen-bond acceptors (Lipinski definition) is 5. The number of carbonyl (C=O) groups excluding carboxylic acids is 1. The van der Waals surface area contributed by atoms with Gasteiger partial charge in [-0.25, -0.2) is 0 Å². The van der Waals surface area contributed by atoms with Gasteiger partial charge in [-0.2, -0.15) is 5.26 Å². The number of carbonyl (C=O) groups is 1. The molecule has 148 valence electrons. The first-order valence-electron chi connectivity index (χ1n) is 9.75. The van der Waals surface area contributed by atoms with Crippen LogP contribution in [-0.4, -0.2) is 50.2 Å². The van der Waals surface area contributed by atoms with Crippen molar-refractivity contribution in [3.63, 3.8) is 0 Å². The Labute approximate surface area is 162 Å². The first-order valence-corrected chi connectivity index (χ1v) is 9.75. The van der Waals surface area contributed by atoms with Crippen LogP contribution in [0, 0.1) is 17.2 Å². The summed E-state index contributed by atoms with van der Waals surface area (Å²) < 4.78 is 10.9. The van der Waals surface area contributed by atoms with Crippen LogP contribution in [0.15, 0.2) is 18.2 Å². The zero-order valence-corrected chi connectivity index (χ0v) is 16.7. The fourth-order valence-electron chi connectivity index (χ4n) is 3.22. The number of nitrogens with zero attached hydrogens (tertiary/aromatic N) is 2. The van der Waals surface area contributed by atoms with Gasteiger partial charge in [-0.3, -0.25) is 9.69 Å². The molecule has 1 fully saturated rings. The van der Waals surface area contributed by atoms with E-state index in [0.717, 1.165) is 19.0 Å². The lowest BCUT2D eigenvalue weighted by molar-refractivity contribution is -0.121. The van der Waals surface area contributed by atoms with Crippen molar-refractivity contribution in [2.24, 2.45) is 5.92 Å². The van der Waals surface area contributed by atoms with Crippen LogP contribution < -0.4 is 14.8 Å². The molecule has 1 amide bonds. The maximum Gasteiger partial charge on any atom is 0.220 e. The summed E-state index contributed by atoms with van der Waals surface area (Å²) in [7, 11) is 1.54. The molecule has 0 aliphatic carbocycles. The largest absolute Gasteiger partial charge is 0.493 e. The minimum absolute atomic E-state index is 0.0580. The molecule has 27 heavy (non-hydrogen) atoms. The number of hydrogen-bond donors (Lipinski definition) is 1. The average molecular weight is 373 g/mol. The standard InChI is InChI=1S/C21H31N3O3/c1-16-8-10-24(11-9-16)17(2)15-23-21(25)5-4-12-27-19-7-6-18(14-22)13-20(19)26-3/h6-7,13,16-17H,4-5,8-12,15H2,1-3H3,(H,23,25). The lowest BCUT2D eigenvalue weighted by atomic mass is 9.98. The van der Waals surface area contributed by atoms with Crippen molar-refractivity contribution < 1.29 is 14.3 Å². The van der Waals surface area contributed by atoms with Gasteiger partial charge < -0.3 is 14.8 Å². The number of benzene rings is 1. The molecule has 0 saturated carbocycles. The highest BCUT2D eigenvalue weighted by Gasteiger charge is 2.20. The molecule has 0 spiro atoms. The molecule has 2 rings (SSSR count). The van der Waals surface area contributed by atoms with Crippen LogP contribution in [0.4, 0.5) is 0 Å². The molecule has 0 bridgehead atoms. The van der Waals surface area contributed by atoms with E-state index in [0.29, 0.717) is 49.1 Å². The van der Waals surface area contributed by atoms with Gasteiger partial charge in [0.2, 0.25) is 5.91 Å². The fraction of sp³-hybridized carbons (Fsp3) is 0.619. The van der Waals surface area contributed by atoms with E-state index >= 15 is 0 Å². The molecule has 1 aromatic rings. The predicted octanol–water partition coefficient (Wildman–Crippen LogP) is 2.96. The second-order valence-corrected chi connectivity index (χ2v) is 7.30. The molecule has 1 saturated heterocycles. The van der Waals surface area contributed by atoms with Gasteiger partial charge in [0, 0.05) is 25.1 Å². The van der Waals surface area contributed by atoms with Gasteiger partial charge >= 0.3 is 0 Å². The van der Waals surface area contributed by atoms with Crippen LogP contribution >= 0.6 is 0 Å². The van der Waals surface area contributed by atoms with Crippen LogP contribution in [0.2, 0.25) is 0 Å². The lowest BCUT2D eigenvalue weighted by Gasteiger charge is -2.35. The van der Waals surface area contributed by atoms with Crippen molar-refractivity contribution in [1.29, 1.82) is 5.26 Å². The SMILES string of the molecule is COc1cc(C#N)ccc1OCCCC(=O)NCC(C)N1CCC(C)CC1. The molecule has 1 aliphatic heterocycles. The number of piperidine rings is 1. The molecule has 0 aromatic heterocycles. The third kappa shape index (κ3) is 6.76. The number of ether oxygens (including phenoxy) is 2. The molecular formula is C21H31N3O3. The van der Waals surface area contributed by atoms with Crippen LogP contribution in [0.5, 0.6) is 11.5 Å². The maximum absolute atomic E-state index is 12.1. The van der Waals surface area contributed by atoms with Crippen molar-refractivity contribution in [3.8, 4) is 17.6 Å². The first kappa shape index (κ1) is 21.0. The van der Waals surface area contributed by atoms with E-state index < -0.39 is 0 Å². The molecule has 0 radical (unpaired) electrons. The van der Waals surface area contributed by atoms with Crippen LogP contribution in [-0.2, 0) is 4.79 Å². The van der Waals surface area contributed by atoms with E-state index in [1.165, 1.54) is 12.8 Å². The second kappa shape index (κ2) is 10.8. The van der Waals surface area contributed by atoms with E-state index in [4.69, 9.17) is 14.7 Å². The molecule has 1 heterocycles. The number of rotatable bonds is 9. The highest BCUT2D eigenvalue weighted by atomic mass is 16.5. The Hall–Kier alpha value is -2.26. The van der Waals surface area contributed by atoms with Crippen LogP contribution in [0.3, 0.4) is 0 Å². The summed E-state index contributed by atoms with van der Waals surface area (Å²) in [5.41, 5.74) is 0.524. The van der Waals surface area contributed by atoms with Crippen LogP contribution in [0.25, 0.3) is 0 Å². The van der Waals surface area contributed by atoms with Crippen molar-refractivity contribution >= 4 is 5.91 Å². The Morgan fingerprint density at radius 2 is 2.11 bits per heavy atom. The Bertz CT molecular complexity index is 649. The number of amides is 1. The summed E-state index contributed by atoms with van der Waals surface area (Å²) in [6.45, 7) is 7.85. The minimum atomic E-state index is 0.0580. The summed E-state index contributed by atoms with van der Waals surface area (Å²) in [4.78, 5) is 14.5. The summed E-state index contributed by atoms with van der Waals surface area (Å²) in [6.07, 6.45) is 3.55. The number of methoxy groups -OCH3 is 1. The molecule has 1 atom stereocenters. The number of nitriles is 1. The third-order valence-electron chi connectivity index (χ3n) is 5.13. The highest BCUT2D eigenvalue weighted by Crippen LogP contribution is 2.27. The molecule has 1 aliphatic rings. The zero-order valence-electron chi connectivity index (χ0n) is 16.7. The third-order valence-corrected chi connectivity index (χ3v) is 5.13. The Kier molecular flexibility index (Phi) is 8.41. The van der Waals surface area contributed by atoms with Gasteiger partial charge in [0.25, 0.3) is 0 Å². The van der Waals surface area contributed by atoms with E-state index in [2.05, 4.69) is 30.1 Å². The van der Waals surface area contributed by atoms with E-state index in [1.54, 1.807) is 25.3 Å². The lowest BCUT2D eigenvalue weighted by Crippen LogP contribution is -2.45. The van der Waals surface area contributed by atoms with E-state index in [-0.39, 0.29) is 5.91 Å². The van der Waals surface area contributed by atoms with Crippen LogP contribution in [0.1, 0.15) is 45.1 Å². The van der Waals surface area contributed by atoms with Gasteiger partial charge in [-0.15, -0.1) is 0 Å². The first-order chi connectivity index (χ1) is 13.0. The number of likely N-dealkylation sites (tertiary alicyclic amines) is 1. The molecule has 6 nitrogen and oxygen atoms in total. The molecule has 1 unspecified atom stereocenters. The fourth-order valence-corrected chi connectivity index (χ4v) is 3.22. The Balaban J connectivity index is 1.64. The van der Waals surface area contributed by atoms with Gasteiger partial charge in [0.05, 0.1) is 25.3 Å². The maximum atomic E-state index is 12.1. The smallest absolute Gasteiger partial charge is 0.220 e. The number of nitrogens with one attached hydrogen (secondary N) is 1. The molecular weight excluding hydrogens is 342 g/mol. The van der Waals surface area contributed by atoms with E-state index in [9.17, 15) is 4.79 Å². The summed E-state index contributed by atoms with van der Waals surface area (Å²) >= 11 is 0. The Morgan fingerprint density at radius 1 is 1.37 bits per heavy atom. The summed E-state index contributed by atoms with van der Waals surface area (Å²) in [6, 6.07) is 7.50. The quantitative estimate of drug-likeness (QED) is 0.674. The van der Waals surface area contributed by atoms with Gasteiger partial charge in [-0.1, -0.05) is 6.92 Å². The molecule has 6 heteroatoms. The van der Waals surface area contributed by atoms with Crippen molar-refractivity contribution in [1.82, 2.24) is 10.2 Å². The minimum Gasteiger partial charge on any atom is -0.493 e. The zero-order chi connectivity index (χ0) is 19.6. The van der Waals surface area contributed by atoms with Gasteiger partial charge in [0.15, 0.2) is 11.5 Å². The highest BCUT2D eigenvalue weighted by molar-refractivity contribution is 5.75. The Morgan fingerprint density at radius 3 is 2.78 bits per heavy atom. The van der Waals surface area contributed by atoms with Crippen molar-refractivity contribution in [2.45, 2.75) is 45.6 Å². The van der Waals surface area contributed by atoms with Gasteiger partial charge in [0.1, 0.15) is 0 Å². The van der Waals surface area contributed by atoms with Gasteiger partial charge in [-0.05, 0) is 57.3 Å². The molecule has 1 N–H and O–H groups in total. The monoisotopic (exact) mass is 373 g/mol. The second-order valence-electron chi connectivity index (χ2n) is 7.30. The predicted molar refractivity (Wildman–Crippen MR) is 105 cm³/mol. The normalized spacial score (nSPS) is 16.4. The van der Waals surface area contributed by atoms with Crippen molar-refractivity contribution in [3.05, 3.63) is 23.8 Å². The molecule has 1 aromatic carbocycles. The van der Waals surface area contributed by atoms with Crippen molar-refractivity contribution in [2.75, 3.05) is 33.4 Å². The summed E-state index contributed by atoms with van der Waals surface area (Å²) in [5, 5.41) is 11.9. The van der Waals surface area contributed by atoms with E-state index in [1.807, 2.05) is 0 Å².